The van der Waals surface area contributed by atoms with Crippen LogP contribution in [0.1, 0.15) is 23.8 Å². The first-order valence-corrected chi connectivity index (χ1v) is 7.86. The number of hydrogen-bond acceptors (Lipinski definition) is 2. The third-order valence-corrected chi connectivity index (χ3v) is 4.71. The molecule has 0 bridgehead atoms. The van der Waals surface area contributed by atoms with Crippen molar-refractivity contribution in [2.75, 3.05) is 11.9 Å². The second-order valence-corrected chi connectivity index (χ2v) is 6.22. The van der Waals surface area contributed by atoms with E-state index in [1.54, 1.807) is 23.5 Å². The van der Waals surface area contributed by atoms with E-state index in [0.717, 1.165) is 25.1 Å². The Morgan fingerprint density at radius 2 is 2.10 bits per heavy atom. The molecule has 1 saturated heterocycles. The summed E-state index contributed by atoms with van der Waals surface area (Å²) in [5.41, 5.74) is 0.774. The van der Waals surface area contributed by atoms with Gasteiger partial charge < -0.3 is 10.2 Å². The Morgan fingerprint density at radius 3 is 2.80 bits per heavy atom. The van der Waals surface area contributed by atoms with Gasteiger partial charge in [0.25, 0.3) is 0 Å². The molecule has 1 aliphatic rings. The maximum absolute atomic E-state index is 12.4. The number of nitrogens with zero attached hydrogens (tertiary/aromatic N) is 1. The van der Waals surface area contributed by atoms with Crippen LogP contribution in [0.15, 0.2) is 41.8 Å². The van der Waals surface area contributed by atoms with Crippen LogP contribution >= 0.6 is 22.9 Å². The Morgan fingerprint density at radius 1 is 1.30 bits per heavy atom. The van der Waals surface area contributed by atoms with Crippen LogP contribution in [-0.2, 0) is 0 Å². The van der Waals surface area contributed by atoms with E-state index in [9.17, 15) is 4.79 Å². The smallest absolute Gasteiger partial charge is 0.317 e. The third kappa shape index (κ3) is 2.81. The zero-order valence-electron chi connectivity index (χ0n) is 10.9. The standard InChI is InChI=1S/C15H15ClN2OS/c16-11-5-7-12(8-6-11)17-15(19)18-9-1-3-13(18)14-4-2-10-20-14/h2,4-8,10,13H,1,3,9H2,(H,17,19). The largest absolute Gasteiger partial charge is 0.322 e. The molecule has 0 radical (unpaired) electrons. The van der Waals surface area contributed by atoms with Crippen molar-refractivity contribution in [3.8, 4) is 0 Å². The molecule has 2 heterocycles. The summed E-state index contributed by atoms with van der Waals surface area (Å²) in [6, 6.07) is 11.5. The number of urea groups is 1. The highest BCUT2D eigenvalue weighted by molar-refractivity contribution is 7.10. The normalized spacial score (nSPS) is 18.2. The van der Waals surface area contributed by atoms with E-state index in [2.05, 4.69) is 16.8 Å². The lowest BCUT2D eigenvalue weighted by atomic mass is 10.2. The summed E-state index contributed by atoms with van der Waals surface area (Å²) in [5.74, 6) is 0. The van der Waals surface area contributed by atoms with Gasteiger partial charge in [0.2, 0.25) is 0 Å². The highest BCUT2D eigenvalue weighted by Gasteiger charge is 2.30. The number of likely N-dealkylation sites (tertiary alicyclic amines) is 1. The number of carbonyl (C=O) groups is 1. The molecule has 3 nitrogen and oxygen atoms in total. The first kappa shape index (κ1) is 13.5. The molecule has 0 saturated carbocycles. The molecular weight excluding hydrogens is 292 g/mol. The number of anilines is 1. The SMILES string of the molecule is O=C(Nc1ccc(Cl)cc1)N1CCCC1c1cccs1. The van der Waals surface area contributed by atoms with Crippen molar-refractivity contribution in [2.24, 2.45) is 0 Å². The highest BCUT2D eigenvalue weighted by atomic mass is 35.5. The van der Waals surface area contributed by atoms with Crippen molar-refractivity contribution in [3.05, 3.63) is 51.7 Å². The van der Waals surface area contributed by atoms with Crippen molar-refractivity contribution < 1.29 is 4.79 Å². The zero-order valence-corrected chi connectivity index (χ0v) is 12.5. The molecule has 20 heavy (non-hydrogen) atoms. The number of hydrogen-bond donors (Lipinski definition) is 1. The lowest BCUT2D eigenvalue weighted by molar-refractivity contribution is 0.208. The quantitative estimate of drug-likeness (QED) is 0.851. The fraction of sp³-hybridized carbons (Fsp3) is 0.267. The van der Waals surface area contributed by atoms with Crippen LogP contribution in [0.2, 0.25) is 5.02 Å². The lowest BCUT2D eigenvalue weighted by Crippen LogP contribution is -2.34. The van der Waals surface area contributed by atoms with Gasteiger partial charge in [-0.25, -0.2) is 4.79 Å². The van der Waals surface area contributed by atoms with E-state index >= 15 is 0 Å². The molecule has 1 aliphatic heterocycles. The molecular formula is C15H15ClN2OS. The van der Waals surface area contributed by atoms with Crippen LogP contribution in [0.3, 0.4) is 0 Å². The maximum atomic E-state index is 12.4. The zero-order chi connectivity index (χ0) is 13.9. The van der Waals surface area contributed by atoms with E-state index in [4.69, 9.17) is 11.6 Å². The highest BCUT2D eigenvalue weighted by Crippen LogP contribution is 2.34. The van der Waals surface area contributed by atoms with Crippen molar-refractivity contribution in [1.29, 1.82) is 0 Å². The van der Waals surface area contributed by atoms with Gasteiger partial charge in [-0.1, -0.05) is 17.7 Å². The molecule has 1 atom stereocenters. The molecule has 2 aromatic rings. The van der Waals surface area contributed by atoms with Crippen LogP contribution in [0, 0.1) is 0 Å². The van der Waals surface area contributed by atoms with Crippen LogP contribution in [-0.4, -0.2) is 17.5 Å². The van der Waals surface area contributed by atoms with Crippen LogP contribution in [0.25, 0.3) is 0 Å². The van der Waals surface area contributed by atoms with E-state index in [0.29, 0.717) is 5.02 Å². The predicted octanol–water partition coefficient (Wildman–Crippen LogP) is 4.77. The second-order valence-electron chi connectivity index (χ2n) is 4.80. The minimum absolute atomic E-state index is 0.0387. The summed E-state index contributed by atoms with van der Waals surface area (Å²) in [7, 11) is 0. The van der Waals surface area contributed by atoms with E-state index in [1.807, 2.05) is 23.1 Å². The second kappa shape index (κ2) is 5.85. The first-order chi connectivity index (χ1) is 9.74. The molecule has 1 aromatic carbocycles. The first-order valence-electron chi connectivity index (χ1n) is 6.60. The van der Waals surface area contributed by atoms with Gasteiger partial charge in [0, 0.05) is 22.1 Å². The number of carbonyl (C=O) groups excluding carboxylic acids is 1. The molecule has 1 fully saturated rings. The van der Waals surface area contributed by atoms with Crippen LogP contribution in [0.4, 0.5) is 10.5 Å². The van der Waals surface area contributed by atoms with Crippen molar-refractivity contribution in [2.45, 2.75) is 18.9 Å². The summed E-state index contributed by atoms with van der Waals surface area (Å²) in [4.78, 5) is 15.6. The van der Waals surface area contributed by atoms with Crippen LogP contribution < -0.4 is 5.32 Å². The molecule has 1 N–H and O–H groups in total. The van der Waals surface area contributed by atoms with Gasteiger partial charge in [0.1, 0.15) is 0 Å². The molecule has 104 valence electrons. The molecule has 5 heteroatoms. The van der Waals surface area contributed by atoms with Crippen molar-refractivity contribution >= 4 is 34.7 Å². The summed E-state index contributed by atoms with van der Waals surface area (Å²) < 4.78 is 0. The van der Waals surface area contributed by atoms with E-state index in [-0.39, 0.29) is 12.1 Å². The Hall–Kier alpha value is -1.52. The molecule has 0 aliphatic carbocycles. The van der Waals surface area contributed by atoms with Crippen LogP contribution in [0.5, 0.6) is 0 Å². The van der Waals surface area contributed by atoms with Gasteiger partial charge in [-0.2, -0.15) is 0 Å². The Bertz CT molecular complexity index is 582. The predicted molar refractivity (Wildman–Crippen MR) is 83.5 cm³/mol. The Balaban J connectivity index is 1.71. The van der Waals surface area contributed by atoms with E-state index < -0.39 is 0 Å². The van der Waals surface area contributed by atoms with E-state index in [1.165, 1.54) is 4.88 Å². The third-order valence-electron chi connectivity index (χ3n) is 3.48. The summed E-state index contributed by atoms with van der Waals surface area (Å²) in [5, 5.41) is 5.66. The summed E-state index contributed by atoms with van der Waals surface area (Å²) in [6.45, 7) is 0.808. The van der Waals surface area contributed by atoms with Crippen molar-refractivity contribution in [3.63, 3.8) is 0 Å². The number of rotatable bonds is 2. The summed E-state index contributed by atoms with van der Waals surface area (Å²) >= 11 is 7.55. The molecule has 1 aromatic heterocycles. The van der Waals surface area contributed by atoms with Crippen molar-refractivity contribution in [1.82, 2.24) is 4.90 Å². The minimum Gasteiger partial charge on any atom is -0.317 e. The molecule has 2 amide bonds. The molecule has 0 spiro atoms. The number of benzene rings is 1. The number of thiophene rings is 1. The minimum atomic E-state index is -0.0387. The average molecular weight is 307 g/mol. The van der Waals surface area contributed by atoms with Gasteiger partial charge in [0.15, 0.2) is 0 Å². The fourth-order valence-electron chi connectivity index (χ4n) is 2.51. The summed E-state index contributed by atoms with van der Waals surface area (Å²) in [6.07, 6.45) is 2.09. The van der Waals surface area contributed by atoms with Gasteiger partial charge >= 0.3 is 6.03 Å². The van der Waals surface area contributed by atoms with Gasteiger partial charge in [-0.3, -0.25) is 0 Å². The van der Waals surface area contributed by atoms with Gasteiger partial charge in [-0.15, -0.1) is 11.3 Å². The van der Waals surface area contributed by atoms with Gasteiger partial charge in [-0.05, 0) is 48.6 Å². The number of nitrogens with one attached hydrogen (secondary N) is 1. The fourth-order valence-corrected chi connectivity index (χ4v) is 3.51. The Labute approximate surface area is 127 Å². The monoisotopic (exact) mass is 306 g/mol. The number of amides is 2. The molecule has 1 unspecified atom stereocenters. The topological polar surface area (TPSA) is 32.3 Å². The maximum Gasteiger partial charge on any atom is 0.322 e. The molecule has 3 rings (SSSR count). The Kier molecular flexibility index (Phi) is 3.94. The van der Waals surface area contributed by atoms with Gasteiger partial charge in [0.05, 0.1) is 6.04 Å². The average Bonchev–Trinajstić information content (AvgIpc) is 3.11. The number of halogens is 1. The lowest BCUT2D eigenvalue weighted by Gasteiger charge is -2.24.